The van der Waals surface area contributed by atoms with Gasteiger partial charge in [0.1, 0.15) is 0 Å². The Labute approximate surface area is 137 Å². The number of hydrogen-bond acceptors (Lipinski definition) is 3. The molecule has 1 unspecified atom stereocenters. The maximum Gasteiger partial charge on any atom is 0.303 e. The molecule has 6 nitrogen and oxygen atoms in total. The molecule has 2 rings (SSSR count). The highest BCUT2D eigenvalue weighted by molar-refractivity contribution is 5.95. The fraction of sp³-hybridized carbons (Fsp3) is 0.706. The topological polar surface area (TPSA) is 84.2 Å². The molecule has 1 aromatic heterocycles. The summed E-state index contributed by atoms with van der Waals surface area (Å²) in [5, 5.41) is 16.2. The fourth-order valence-electron chi connectivity index (χ4n) is 3.46. The van der Waals surface area contributed by atoms with Crippen molar-refractivity contribution in [2.24, 2.45) is 13.0 Å². The Morgan fingerprint density at radius 3 is 2.65 bits per heavy atom. The van der Waals surface area contributed by atoms with Gasteiger partial charge in [0.15, 0.2) is 0 Å². The molecule has 6 heteroatoms. The van der Waals surface area contributed by atoms with Gasteiger partial charge in [0.05, 0.1) is 11.3 Å². The van der Waals surface area contributed by atoms with E-state index in [0.717, 1.165) is 6.42 Å². The van der Waals surface area contributed by atoms with Crippen LogP contribution in [0.1, 0.15) is 67.4 Å². The third-order valence-electron chi connectivity index (χ3n) is 4.64. The number of nitrogens with one attached hydrogen (secondary N) is 1. The van der Waals surface area contributed by atoms with E-state index in [0.29, 0.717) is 23.6 Å². The van der Waals surface area contributed by atoms with Gasteiger partial charge in [-0.05, 0) is 25.7 Å². The van der Waals surface area contributed by atoms with Crippen molar-refractivity contribution in [3.05, 3.63) is 17.5 Å². The number of aromatic nitrogens is 2. The third kappa shape index (κ3) is 5.37. The number of carboxylic acids is 1. The molecule has 0 aromatic carbocycles. The van der Waals surface area contributed by atoms with Crippen LogP contribution >= 0.6 is 0 Å². The fourth-order valence-corrected chi connectivity index (χ4v) is 3.46. The van der Waals surface area contributed by atoms with Crippen molar-refractivity contribution in [3.63, 3.8) is 0 Å². The van der Waals surface area contributed by atoms with Crippen molar-refractivity contribution in [1.29, 1.82) is 0 Å². The minimum Gasteiger partial charge on any atom is -0.481 e. The molecule has 2 N–H and O–H groups in total. The lowest BCUT2D eigenvalue weighted by Crippen LogP contribution is -2.37. The summed E-state index contributed by atoms with van der Waals surface area (Å²) in [6.45, 7) is 1.81. The highest BCUT2D eigenvalue weighted by atomic mass is 16.4. The summed E-state index contributed by atoms with van der Waals surface area (Å²) in [6.07, 6.45) is 9.30. The summed E-state index contributed by atoms with van der Waals surface area (Å²) in [5.74, 6) is -0.370. The van der Waals surface area contributed by atoms with E-state index in [2.05, 4.69) is 10.4 Å². The number of carbonyl (C=O) groups excluding carboxylic acids is 1. The second-order valence-electron chi connectivity index (χ2n) is 6.64. The van der Waals surface area contributed by atoms with E-state index in [1.54, 1.807) is 17.9 Å². The molecule has 0 spiro atoms. The van der Waals surface area contributed by atoms with Crippen molar-refractivity contribution in [1.82, 2.24) is 15.1 Å². The monoisotopic (exact) mass is 321 g/mol. The number of hydrogen-bond donors (Lipinski definition) is 2. The number of amides is 1. The molecule has 1 atom stereocenters. The van der Waals surface area contributed by atoms with Crippen molar-refractivity contribution < 1.29 is 14.7 Å². The van der Waals surface area contributed by atoms with Gasteiger partial charge < -0.3 is 10.4 Å². The summed E-state index contributed by atoms with van der Waals surface area (Å²) >= 11 is 0. The summed E-state index contributed by atoms with van der Waals surface area (Å²) in [5.41, 5.74) is 1.26. The largest absolute Gasteiger partial charge is 0.481 e. The number of aryl methyl sites for hydroxylation is 2. The first-order valence-electron chi connectivity index (χ1n) is 8.48. The molecule has 128 valence electrons. The summed E-state index contributed by atoms with van der Waals surface area (Å²) < 4.78 is 1.62. The van der Waals surface area contributed by atoms with Crippen LogP contribution in [-0.2, 0) is 11.8 Å². The van der Waals surface area contributed by atoms with Crippen LogP contribution in [0.2, 0.25) is 0 Å². The van der Waals surface area contributed by atoms with E-state index in [9.17, 15) is 9.59 Å². The van der Waals surface area contributed by atoms with E-state index in [-0.39, 0.29) is 18.4 Å². The molecule has 1 aliphatic rings. The molecule has 0 radical (unpaired) electrons. The molecule has 0 bridgehead atoms. The van der Waals surface area contributed by atoms with E-state index in [4.69, 9.17) is 5.11 Å². The lowest BCUT2D eigenvalue weighted by atomic mass is 9.84. The van der Waals surface area contributed by atoms with Crippen molar-refractivity contribution in [2.45, 2.75) is 64.3 Å². The number of carbonyl (C=O) groups is 2. The second kappa shape index (κ2) is 8.13. The van der Waals surface area contributed by atoms with Crippen molar-refractivity contribution in [3.8, 4) is 0 Å². The Kier molecular flexibility index (Phi) is 6.19. The first-order chi connectivity index (χ1) is 11.0. The molecule has 0 saturated heterocycles. The van der Waals surface area contributed by atoms with Crippen LogP contribution in [0, 0.1) is 12.8 Å². The van der Waals surface area contributed by atoms with Gasteiger partial charge in [0.2, 0.25) is 0 Å². The van der Waals surface area contributed by atoms with Crippen LogP contribution in [0.4, 0.5) is 0 Å². The van der Waals surface area contributed by atoms with Crippen molar-refractivity contribution >= 4 is 11.9 Å². The Morgan fingerprint density at radius 1 is 1.39 bits per heavy atom. The molecule has 23 heavy (non-hydrogen) atoms. The maximum absolute atomic E-state index is 12.5. The van der Waals surface area contributed by atoms with Gasteiger partial charge in [-0.15, -0.1) is 0 Å². The average molecular weight is 321 g/mol. The Morgan fingerprint density at radius 2 is 2.09 bits per heavy atom. The van der Waals surface area contributed by atoms with Crippen LogP contribution in [-0.4, -0.2) is 32.8 Å². The molecule has 1 fully saturated rings. The summed E-state index contributed by atoms with van der Waals surface area (Å²) in [4.78, 5) is 23.3. The molecule has 1 heterocycles. The molecule has 1 amide bonds. The van der Waals surface area contributed by atoms with E-state index in [1.165, 1.54) is 32.1 Å². The quantitative estimate of drug-likeness (QED) is 0.808. The molecular formula is C17H27N3O3. The second-order valence-corrected chi connectivity index (χ2v) is 6.64. The lowest BCUT2D eigenvalue weighted by Gasteiger charge is -2.27. The minimum absolute atomic E-state index is 0.0821. The molecule has 1 aliphatic carbocycles. The lowest BCUT2D eigenvalue weighted by molar-refractivity contribution is -0.137. The number of rotatable bonds is 7. The first-order valence-corrected chi connectivity index (χ1v) is 8.48. The van der Waals surface area contributed by atoms with Crippen molar-refractivity contribution in [2.75, 3.05) is 0 Å². The molecule has 0 aliphatic heterocycles. The van der Waals surface area contributed by atoms with Gasteiger partial charge in [0.25, 0.3) is 5.91 Å². The van der Waals surface area contributed by atoms with Gasteiger partial charge in [-0.1, -0.05) is 32.1 Å². The van der Waals surface area contributed by atoms with E-state index in [1.807, 2.05) is 6.92 Å². The number of nitrogens with zero attached hydrogens (tertiary/aromatic N) is 2. The van der Waals surface area contributed by atoms with E-state index >= 15 is 0 Å². The maximum atomic E-state index is 12.5. The molecule has 1 aromatic rings. The van der Waals surface area contributed by atoms with Crippen LogP contribution in [0.25, 0.3) is 0 Å². The third-order valence-corrected chi connectivity index (χ3v) is 4.64. The molecular weight excluding hydrogens is 294 g/mol. The predicted octanol–water partition coefficient (Wildman–Crippen LogP) is 2.66. The molecule has 1 saturated carbocycles. The van der Waals surface area contributed by atoms with Crippen LogP contribution in [0.5, 0.6) is 0 Å². The van der Waals surface area contributed by atoms with E-state index < -0.39 is 5.97 Å². The number of aliphatic carboxylic acids is 1. The smallest absolute Gasteiger partial charge is 0.303 e. The predicted molar refractivity (Wildman–Crippen MR) is 87.3 cm³/mol. The van der Waals surface area contributed by atoms with Crippen LogP contribution in [0.3, 0.4) is 0 Å². The average Bonchev–Trinajstić information content (AvgIpc) is 2.84. The Bertz CT molecular complexity index is 547. The highest BCUT2D eigenvalue weighted by Gasteiger charge is 2.22. The summed E-state index contributed by atoms with van der Waals surface area (Å²) in [7, 11) is 1.79. The number of carboxylic acid groups (broad SMARTS) is 1. The zero-order valence-corrected chi connectivity index (χ0v) is 14.0. The SMILES string of the molecule is Cc1nn(C)cc1C(=O)NC(CCC(=O)O)CC1CCCCC1. The standard InChI is InChI=1S/C17H27N3O3/c1-12-15(11-20(2)19-12)17(23)18-14(8-9-16(21)22)10-13-6-4-3-5-7-13/h11,13-14H,3-10H2,1-2H3,(H,18,23)(H,21,22). The van der Waals surface area contributed by atoms with Crippen LogP contribution < -0.4 is 5.32 Å². The normalized spacial score (nSPS) is 17.0. The van der Waals surface area contributed by atoms with Gasteiger partial charge in [-0.2, -0.15) is 5.10 Å². The van der Waals surface area contributed by atoms with Gasteiger partial charge >= 0.3 is 5.97 Å². The van der Waals surface area contributed by atoms with Crippen LogP contribution in [0.15, 0.2) is 6.20 Å². The summed E-state index contributed by atoms with van der Waals surface area (Å²) in [6, 6.07) is -0.0821. The zero-order chi connectivity index (χ0) is 16.8. The van der Waals surface area contributed by atoms with Gasteiger partial charge in [0, 0.05) is 25.7 Å². The van der Waals surface area contributed by atoms with Gasteiger partial charge in [-0.25, -0.2) is 0 Å². The highest BCUT2D eigenvalue weighted by Crippen LogP contribution is 2.28. The zero-order valence-electron chi connectivity index (χ0n) is 14.0. The Hall–Kier alpha value is -1.85. The van der Waals surface area contributed by atoms with Gasteiger partial charge in [-0.3, -0.25) is 14.3 Å². The minimum atomic E-state index is -0.814. The Balaban J connectivity index is 1.98. The first kappa shape index (κ1) is 17.5.